The van der Waals surface area contributed by atoms with Crippen LogP contribution >= 0.6 is 11.8 Å². The van der Waals surface area contributed by atoms with Crippen LogP contribution in [0.5, 0.6) is 0 Å². The van der Waals surface area contributed by atoms with Gasteiger partial charge in [-0.05, 0) is 19.1 Å². The zero-order chi connectivity index (χ0) is 16.3. The lowest BCUT2D eigenvalue weighted by Gasteiger charge is -2.30. The average molecular weight is 343 g/mol. The van der Waals surface area contributed by atoms with Crippen molar-refractivity contribution in [2.45, 2.75) is 17.1 Å². The second-order valence-electron chi connectivity index (χ2n) is 4.83. The van der Waals surface area contributed by atoms with E-state index < -0.39 is 21.2 Å². The van der Waals surface area contributed by atoms with Crippen molar-refractivity contribution in [2.24, 2.45) is 0 Å². The number of carbonyl (C=O) groups is 2. The van der Waals surface area contributed by atoms with Gasteiger partial charge in [-0.15, -0.1) is 11.8 Å². The molecule has 0 bridgehead atoms. The SMILES string of the molecule is COC(=O)[C@H]1CN(S(=O)(=O)c2cccc(C(C)=O)c2)CCS1. The fraction of sp³-hybridized carbons (Fsp3) is 0.429. The molecule has 1 heterocycles. The molecule has 8 heteroatoms. The Balaban J connectivity index is 2.28. The molecule has 1 aliphatic heterocycles. The zero-order valence-corrected chi connectivity index (χ0v) is 13.9. The summed E-state index contributed by atoms with van der Waals surface area (Å²) in [5, 5.41) is -0.524. The molecular formula is C14H17NO5S2. The number of hydrogen-bond donors (Lipinski definition) is 0. The predicted octanol–water partition coefficient (Wildman–Crippen LogP) is 1.17. The monoisotopic (exact) mass is 343 g/mol. The van der Waals surface area contributed by atoms with Crippen LogP contribution < -0.4 is 0 Å². The summed E-state index contributed by atoms with van der Waals surface area (Å²) in [6.07, 6.45) is 0. The van der Waals surface area contributed by atoms with Crippen molar-refractivity contribution in [3.05, 3.63) is 29.8 Å². The first-order valence-electron chi connectivity index (χ1n) is 6.67. The van der Waals surface area contributed by atoms with Crippen molar-refractivity contribution in [3.63, 3.8) is 0 Å². The molecule has 1 saturated heterocycles. The predicted molar refractivity (Wildman–Crippen MR) is 83.5 cm³/mol. The van der Waals surface area contributed by atoms with Crippen molar-refractivity contribution in [1.29, 1.82) is 0 Å². The Morgan fingerprint density at radius 2 is 2.09 bits per heavy atom. The molecule has 0 N–H and O–H groups in total. The van der Waals surface area contributed by atoms with Gasteiger partial charge in [-0.1, -0.05) is 12.1 Å². The molecule has 1 fully saturated rings. The largest absolute Gasteiger partial charge is 0.468 e. The second-order valence-corrected chi connectivity index (χ2v) is 8.08. The maximum Gasteiger partial charge on any atom is 0.320 e. The summed E-state index contributed by atoms with van der Waals surface area (Å²) >= 11 is 1.38. The summed E-state index contributed by atoms with van der Waals surface area (Å²) in [5.41, 5.74) is 0.344. The van der Waals surface area contributed by atoms with E-state index in [1.807, 2.05) is 0 Å². The number of esters is 1. The first-order chi connectivity index (χ1) is 10.4. The molecule has 1 atom stereocenters. The van der Waals surface area contributed by atoms with E-state index in [0.717, 1.165) is 0 Å². The molecule has 1 aromatic carbocycles. The topological polar surface area (TPSA) is 80.8 Å². The van der Waals surface area contributed by atoms with Crippen molar-refractivity contribution in [3.8, 4) is 0 Å². The van der Waals surface area contributed by atoms with Crippen molar-refractivity contribution in [2.75, 3.05) is 26.0 Å². The van der Waals surface area contributed by atoms with E-state index in [-0.39, 0.29) is 17.2 Å². The summed E-state index contributed by atoms with van der Waals surface area (Å²) in [7, 11) is -2.45. The van der Waals surface area contributed by atoms with Gasteiger partial charge >= 0.3 is 5.97 Å². The number of carbonyl (C=O) groups excluding carboxylic acids is 2. The third-order valence-corrected chi connectivity index (χ3v) is 6.39. The molecule has 22 heavy (non-hydrogen) atoms. The highest BCUT2D eigenvalue weighted by Crippen LogP contribution is 2.25. The number of benzene rings is 1. The number of Topliss-reactive ketones (excluding diaryl/α,β-unsaturated/α-hetero) is 1. The van der Waals surface area contributed by atoms with Gasteiger partial charge in [0, 0.05) is 24.4 Å². The summed E-state index contributed by atoms with van der Waals surface area (Å²) in [6, 6.07) is 5.94. The van der Waals surface area contributed by atoms with Gasteiger partial charge in [0.1, 0.15) is 5.25 Å². The van der Waals surface area contributed by atoms with E-state index in [1.54, 1.807) is 12.1 Å². The average Bonchev–Trinajstić information content (AvgIpc) is 2.54. The number of thioether (sulfide) groups is 1. The molecule has 1 aromatic rings. The molecule has 0 saturated carbocycles. The van der Waals surface area contributed by atoms with E-state index in [9.17, 15) is 18.0 Å². The normalized spacial score (nSPS) is 19.6. The highest BCUT2D eigenvalue weighted by molar-refractivity contribution is 8.00. The molecule has 0 unspecified atom stereocenters. The quantitative estimate of drug-likeness (QED) is 0.603. The minimum atomic E-state index is -3.73. The first-order valence-corrected chi connectivity index (χ1v) is 9.15. The van der Waals surface area contributed by atoms with Crippen LogP contribution in [-0.2, 0) is 19.6 Å². The molecule has 0 aliphatic carbocycles. The third-order valence-electron chi connectivity index (χ3n) is 3.37. The lowest BCUT2D eigenvalue weighted by Crippen LogP contribution is -2.44. The number of ketones is 1. The molecular weight excluding hydrogens is 326 g/mol. The minimum Gasteiger partial charge on any atom is -0.468 e. The first kappa shape index (κ1) is 17.0. The van der Waals surface area contributed by atoms with Crippen LogP contribution in [0.25, 0.3) is 0 Å². The molecule has 6 nitrogen and oxygen atoms in total. The fourth-order valence-corrected chi connectivity index (χ4v) is 4.98. The second kappa shape index (κ2) is 6.80. The summed E-state index contributed by atoms with van der Waals surface area (Å²) in [6.45, 7) is 1.78. The van der Waals surface area contributed by atoms with Gasteiger partial charge < -0.3 is 4.74 Å². The molecule has 1 aliphatic rings. The lowest BCUT2D eigenvalue weighted by atomic mass is 10.2. The summed E-state index contributed by atoms with van der Waals surface area (Å²) < 4.78 is 31.3. The van der Waals surface area contributed by atoms with Crippen LogP contribution in [0.1, 0.15) is 17.3 Å². The maximum absolute atomic E-state index is 12.7. The number of methoxy groups -OCH3 is 1. The molecule has 0 spiro atoms. The number of nitrogens with zero attached hydrogens (tertiary/aromatic N) is 1. The maximum atomic E-state index is 12.7. The van der Waals surface area contributed by atoms with Crippen LogP contribution in [0.15, 0.2) is 29.2 Å². The number of hydrogen-bond acceptors (Lipinski definition) is 6. The molecule has 120 valence electrons. The molecule has 0 amide bonds. The number of sulfonamides is 1. The zero-order valence-electron chi connectivity index (χ0n) is 12.3. The molecule has 0 aromatic heterocycles. The van der Waals surface area contributed by atoms with E-state index in [2.05, 4.69) is 4.74 Å². The highest BCUT2D eigenvalue weighted by atomic mass is 32.2. The number of rotatable bonds is 4. The van der Waals surface area contributed by atoms with E-state index in [4.69, 9.17) is 0 Å². The minimum absolute atomic E-state index is 0.0655. The van der Waals surface area contributed by atoms with E-state index in [1.165, 1.54) is 42.2 Å². The van der Waals surface area contributed by atoms with Crippen LogP contribution in [0.4, 0.5) is 0 Å². The van der Waals surface area contributed by atoms with Gasteiger partial charge in [-0.3, -0.25) is 9.59 Å². The van der Waals surface area contributed by atoms with Crippen LogP contribution in [-0.4, -0.2) is 55.7 Å². The Morgan fingerprint density at radius 3 is 2.73 bits per heavy atom. The molecule has 2 rings (SSSR count). The van der Waals surface area contributed by atoms with Gasteiger partial charge in [0.05, 0.1) is 12.0 Å². The van der Waals surface area contributed by atoms with Gasteiger partial charge in [0.15, 0.2) is 5.78 Å². The summed E-state index contributed by atoms with van der Waals surface area (Å²) in [4.78, 5) is 23.1. The Kier molecular flexibility index (Phi) is 5.25. The fourth-order valence-electron chi connectivity index (χ4n) is 2.14. The Morgan fingerprint density at radius 1 is 1.36 bits per heavy atom. The van der Waals surface area contributed by atoms with Gasteiger partial charge in [0.2, 0.25) is 10.0 Å². The van der Waals surface area contributed by atoms with Crippen LogP contribution in [0, 0.1) is 0 Å². The standard InChI is InChI=1S/C14H17NO5S2/c1-10(16)11-4-3-5-12(8-11)22(18,19)15-6-7-21-13(9-15)14(17)20-2/h3-5,8,13H,6-7,9H2,1-2H3/t13-/m1/s1. The lowest BCUT2D eigenvalue weighted by molar-refractivity contribution is -0.140. The van der Waals surface area contributed by atoms with Crippen LogP contribution in [0.3, 0.4) is 0 Å². The van der Waals surface area contributed by atoms with E-state index >= 15 is 0 Å². The van der Waals surface area contributed by atoms with Gasteiger partial charge in [-0.2, -0.15) is 4.31 Å². The Labute approximate surface area is 133 Å². The van der Waals surface area contributed by atoms with Crippen molar-refractivity contribution >= 4 is 33.5 Å². The Bertz CT molecular complexity index is 686. The Hall–Kier alpha value is -1.38. The van der Waals surface area contributed by atoms with Gasteiger partial charge in [-0.25, -0.2) is 8.42 Å². The van der Waals surface area contributed by atoms with Gasteiger partial charge in [0.25, 0.3) is 0 Å². The van der Waals surface area contributed by atoms with Crippen molar-refractivity contribution < 1.29 is 22.7 Å². The third kappa shape index (κ3) is 3.50. The van der Waals surface area contributed by atoms with Crippen molar-refractivity contribution in [1.82, 2.24) is 4.31 Å². The molecule has 0 radical (unpaired) electrons. The number of ether oxygens (including phenoxy) is 1. The summed E-state index contributed by atoms with van der Waals surface area (Å²) in [5.74, 6) is -0.105. The smallest absolute Gasteiger partial charge is 0.320 e. The van der Waals surface area contributed by atoms with Crippen LogP contribution in [0.2, 0.25) is 0 Å². The highest BCUT2D eigenvalue weighted by Gasteiger charge is 2.34. The van der Waals surface area contributed by atoms with E-state index in [0.29, 0.717) is 17.9 Å².